The molecular formula is C16H21N3O3. The number of hydrogen-bond acceptors (Lipinski definition) is 4. The molecule has 1 aromatic carbocycles. The monoisotopic (exact) mass is 303 g/mol. The van der Waals surface area contributed by atoms with Gasteiger partial charge in [-0.25, -0.2) is 4.68 Å². The van der Waals surface area contributed by atoms with Gasteiger partial charge in [0.2, 0.25) is 0 Å². The summed E-state index contributed by atoms with van der Waals surface area (Å²) in [6.45, 7) is 4.74. The van der Waals surface area contributed by atoms with Crippen molar-refractivity contribution in [3.8, 4) is 11.4 Å². The summed E-state index contributed by atoms with van der Waals surface area (Å²) in [5.74, 6) is 0.00333. The Hall–Kier alpha value is -2.37. The van der Waals surface area contributed by atoms with Gasteiger partial charge in [0.1, 0.15) is 5.75 Å². The molecule has 0 unspecified atom stereocenters. The van der Waals surface area contributed by atoms with E-state index in [1.165, 1.54) is 0 Å². The van der Waals surface area contributed by atoms with Crippen LogP contribution in [0.25, 0.3) is 5.69 Å². The fourth-order valence-corrected chi connectivity index (χ4v) is 2.08. The summed E-state index contributed by atoms with van der Waals surface area (Å²) < 4.78 is 7.34. The Labute approximate surface area is 129 Å². The molecule has 0 aliphatic heterocycles. The highest BCUT2D eigenvalue weighted by Gasteiger charge is 2.11. The molecule has 0 bridgehead atoms. The number of benzene rings is 1. The molecule has 0 atom stereocenters. The van der Waals surface area contributed by atoms with E-state index in [0.717, 1.165) is 36.6 Å². The van der Waals surface area contributed by atoms with E-state index in [2.05, 4.69) is 17.2 Å². The lowest BCUT2D eigenvalue weighted by atomic mass is 10.2. The van der Waals surface area contributed by atoms with E-state index in [4.69, 9.17) is 9.84 Å². The number of nitrogens with zero attached hydrogens (tertiary/aromatic N) is 3. The minimum atomic E-state index is -0.831. The first-order valence-corrected chi connectivity index (χ1v) is 7.48. The van der Waals surface area contributed by atoms with E-state index < -0.39 is 5.97 Å². The molecular weight excluding hydrogens is 282 g/mol. The Bertz CT molecular complexity index is 620. The van der Waals surface area contributed by atoms with E-state index in [1.54, 1.807) is 4.68 Å². The van der Waals surface area contributed by atoms with Gasteiger partial charge in [-0.05, 0) is 37.6 Å². The van der Waals surface area contributed by atoms with Gasteiger partial charge in [-0.3, -0.25) is 4.79 Å². The number of carboxylic acid groups (broad SMARTS) is 1. The van der Waals surface area contributed by atoms with Crippen LogP contribution in [0.2, 0.25) is 0 Å². The van der Waals surface area contributed by atoms with Gasteiger partial charge in [-0.1, -0.05) is 18.6 Å². The van der Waals surface area contributed by atoms with E-state index in [9.17, 15) is 4.79 Å². The summed E-state index contributed by atoms with van der Waals surface area (Å²) >= 11 is 0. The Morgan fingerprint density at radius 2 is 2.05 bits per heavy atom. The number of rotatable bonds is 8. The molecule has 1 heterocycles. The van der Waals surface area contributed by atoms with Crippen molar-refractivity contribution in [3.05, 3.63) is 35.7 Å². The smallest absolute Gasteiger partial charge is 0.303 e. The fraction of sp³-hybridized carbons (Fsp3) is 0.438. The predicted octanol–water partition coefficient (Wildman–Crippen LogP) is 2.77. The van der Waals surface area contributed by atoms with Crippen molar-refractivity contribution in [3.63, 3.8) is 0 Å². The van der Waals surface area contributed by atoms with Crippen LogP contribution in [0, 0.1) is 6.92 Å². The first-order chi connectivity index (χ1) is 10.6. The lowest BCUT2D eigenvalue weighted by Gasteiger charge is -2.07. The molecule has 1 N–H and O–H groups in total. The van der Waals surface area contributed by atoms with Gasteiger partial charge in [-0.15, -0.1) is 5.10 Å². The molecule has 2 rings (SSSR count). The molecule has 0 aliphatic rings. The number of hydrogen-bond donors (Lipinski definition) is 1. The second-order valence-corrected chi connectivity index (χ2v) is 5.12. The molecule has 0 radical (unpaired) electrons. The first-order valence-electron chi connectivity index (χ1n) is 7.48. The van der Waals surface area contributed by atoms with Gasteiger partial charge in [0.25, 0.3) is 0 Å². The highest BCUT2D eigenvalue weighted by Crippen LogP contribution is 2.18. The quantitative estimate of drug-likeness (QED) is 0.759. The zero-order valence-corrected chi connectivity index (χ0v) is 13.0. The number of aliphatic carboxylic acids is 1. The second-order valence-electron chi connectivity index (χ2n) is 5.12. The third kappa shape index (κ3) is 4.07. The van der Waals surface area contributed by atoms with E-state index in [-0.39, 0.29) is 6.42 Å². The summed E-state index contributed by atoms with van der Waals surface area (Å²) in [4.78, 5) is 10.6. The van der Waals surface area contributed by atoms with Crippen LogP contribution in [-0.2, 0) is 11.2 Å². The molecule has 22 heavy (non-hydrogen) atoms. The van der Waals surface area contributed by atoms with Crippen molar-refractivity contribution in [2.24, 2.45) is 0 Å². The van der Waals surface area contributed by atoms with Crippen molar-refractivity contribution in [1.82, 2.24) is 15.0 Å². The van der Waals surface area contributed by atoms with Gasteiger partial charge in [0, 0.05) is 6.42 Å². The van der Waals surface area contributed by atoms with E-state index in [1.807, 2.05) is 31.2 Å². The SMILES string of the molecule is CCCCOc1ccc(-n2nnc(CCC(=O)O)c2C)cc1. The highest BCUT2D eigenvalue weighted by molar-refractivity contribution is 5.67. The zero-order chi connectivity index (χ0) is 15.9. The van der Waals surface area contributed by atoms with E-state index in [0.29, 0.717) is 12.1 Å². The van der Waals surface area contributed by atoms with E-state index >= 15 is 0 Å². The molecule has 2 aromatic rings. The lowest BCUT2D eigenvalue weighted by molar-refractivity contribution is -0.136. The summed E-state index contributed by atoms with van der Waals surface area (Å²) in [6.07, 6.45) is 2.59. The molecule has 0 saturated heterocycles. The van der Waals surface area contributed by atoms with Crippen LogP contribution in [0.5, 0.6) is 5.75 Å². The summed E-state index contributed by atoms with van der Waals surface area (Å²) in [5, 5.41) is 16.9. The molecule has 0 spiro atoms. The van der Waals surface area contributed by atoms with Gasteiger partial charge in [0.15, 0.2) is 0 Å². The molecule has 0 saturated carbocycles. The zero-order valence-electron chi connectivity index (χ0n) is 13.0. The fourth-order valence-electron chi connectivity index (χ4n) is 2.08. The Balaban J connectivity index is 2.06. The topological polar surface area (TPSA) is 77.2 Å². The number of aromatic nitrogens is 3. The molecule has 0 amide bonds. The van der Waals surface area contributed by atoms with Crippen LogP contribution in [0.1, 0.15) is 37.6 Å². The number of carbonyl (C=O) groups is 1. The minimum absolute atomic E-state index is 0.0593. The van der Waals surface area contributed by atoms with Crippen molar-refractivity contribution < 1.29 is 14.6 Å². The Morgan fingerprint density at radius 1 is 1.32 bits per heavy atom. The maximum Gasteiger partial charge on any atom is 0.303 e. The van der Waals surface area contributed by atoms with Gasteiger partial charge in [0.05, 0.1) is 30.1 Å². The Kier molecular flexibility index (Phi) is 5.52. The van der Waals surface area contributed by atoms with Crippen LogP contribution < -0.4 is 4.74 Å². The van der Waals surface area contributed by atoms with Crippen LogP contribution in [0.4, 0.5) is 0 Å². The molecule has 118 valence electrons. The lowest BCUT2D eigenvalue weighted by Crippen LogP contribution is -2.02. The van der Waals surface area contributed by atoms with Gasteiger partial charge in [-0.2, -0.15) is 0 Å². The largest absolute Gasteiger partial charge is 0.494 e. The van der Waals surface area contributed by atoms with Crippen LogP contribution in [0.15, 0.2) is 24.3 Å². The third-order valence-corrected chi connectivity index (χ3v) is 3.41. The summed E-state index contributed by atoms with van der Waals surface area (Å²) in [5.41, 5.74) is 2.46. The van der Waals surface area contributed by atoms with Gasteiger partial charge >= 0.3 is 5.97 Å². The van der Waals surface area contributed by atoms with Crippen LogP contribution in [0.3, 0.4) is 0 Å². The van der Waals surface area contributed by atoms with Crippen LogP contribution >= 0.6 is 0 Å². The molecule has 6 heteroatoms. The number of unbranched alkanes of at least 4 members (excludes halogenated alkanes) is 1. The molecule has 1 aromatic heterocycles. The van der Waals surface area contributed by atoms with Crippen molar-refractivity contribution in [1.29, 1.82) is 0 Å². The average Bonchev–Trinajstić information content (AvgIpc) is 2.87. The van der Waals surface area contributed by atoms with Crippen molar-refractivity contribution in [2.75, 3.05) is 6.61 Å². The maximum absolute atomic E-state index is 10.6. The number of carboxylic acids is 1. The minimum Gasteiger partial charge on any atom is -0.494 e. The molecule has 0 aliphatic carbocycles. The summed E-state index contributed by atoms with van der Waals surface area (Å²) in [7, 11) is 0. The molecule has 6 nitrogen and oxygen atoms in total. The predicted molar refractivity (Wildman–Crippen MR) is 82.5 cm³/mol. The average molecular weight is 303 g/mol. The van der Waals surface area contributed by atoms with Crippen LogP contribution in [-0.4, -0.2) is 32.7 Å². The third-order valence-electron chi connectivity index (χ3n) is 3.41. The van der Waals surface area contributed by atoms with Gasteiger partial charge < -0.3 is 9.84 Å². The Morgan fingerprint density at radius 3 is 2.68 bits per heavy atom. The second kappa shape index (κ2) is 7.59. The first kappa shape index (κ1) is 16.0. The van der Waals surface area contributed by atoms with Crippen molar-refractivity contribution in [2.45, 2.75) is 39.5 Å². The maximum atomic E-state index is 10.6. The summed E-state index contributed by atoms with van der Waals surface area (Å²) in [6, 6.07) is 7.65. The standard InChI is InChI=1S/C16H21N3O3/c1-3-4-11-22-14-7-5-13(6-8-14)19-12(2)15(17-18-19)9-10-16(20)21/h5-8H,3-4,9-11H2,1-2H3,(H,20,21). The number of ether oxygens (including phenoxy) is 1. The number of aryl methyl sites for hydroxylation is 1. The normalized spacial score (nSPS) is 10.6. The van der Waals surface area contributed by atoms with Crippen molar-refractivity contribution >= 4 is 5.97 Å². The molecule has 0 fully saturated rings. The highest BCUT2D eigenvalue weighted by atomic mass is 16.5.